The summed E-state index contributed by atoms with van der Waals surface area (Å²) in [5, 5.41) is 1.23. The first-order chi connectivity index (χ1) is 11.1. The Balaban J connectivity index is 1.95. The van der Waals surface area contributed by atoms with Gasteiger partial charge in [-0.2, -0.15) is 0 Å². The van der Waals surface area contributed by atoms with Crippen LogP contribution < -0.4 is 0 Å². The first-order valence-corrected chi connectivity index (χ1v) is 8.19. The summed E-state index contributed by atoms with van der Waals surface area (Å²) in [6.07, 6.45) is 6.37. The maximum Gasteiger partial charge on any atom is 0.0735 e. The van der Waals surface area contributed by atoms with E-state index in [0.29, 0.717) is 16.0 Å². The molecule has 4 heteroatoms. The number of rotatable bonds is 4. The van der Waals surface area contributed by atoms with E-state index in [2.05, 4.69) is 29.0 Å². The van der Waals surface area contributed by atoms with Crippen LogP contribution in [0.4, 0.5) is 0 Å². The largest absolute Gasteiger partial charge is 0.264 e. The van der Waals surface area contributed by atoms with E-state index in [1.807, 2.05) is 30.5 Å². The molecule has 0 N–H and O–H groups in total. The highest BCUT2D eigenvalue weighted by Crippen LogP contribution is 2.30. The van der Waals surface area contributed by atoms with Crippen molar-refractivity contribution in [1.29, 1.82) is 0 Å². The predicted molar refractivity (Wildman–Crippen MR) is 96.0 cm³/mol. The Kier molecular flexibility index (Phi) is 4.94. The van der Waals surface area contributed by atoms with E-state index in [1.54, 1.807) is 18.5 Å². The smallest absolute Gasteiger partial charge is 0.0735 e. The first kappa shape index (κ1) is 16.0. The van der Waals surface area contributed by atoms with E-state index in [0.717, 1.165) is 17.7 Å². The molecule has 0 saturated heterocycles. The normalized spacial score (nSPS) is 12.1. The summed E-state index contributed by atoms with van der Waals surface area (Å²) in [6.45, 7) is 2.19. The number of hydrogen-bond acceptors (Lipinski definition) is 2. The highest BCUT2D eigenvalue weighted by Gasteiger charge is 2.13. The van der Waals surface area contributed by atoms with Crippen molar-refractivity contribution in [2.75, 3.05) is 0 Å². The van der Waals surface area contributed by atoms with Crippen LogP contribution in [0.5, 0.6) is 0 Å². The zero-order valence-corrected chi connectivity index (χ0v) is 14.2. The zero-order chi connectivity index (χ0) is 16.2. The standard InChI is InChI=1S/C19H16Cl2N2/c1-13(15-5-2-6-22-12-15)8-14-4-3-7-23-19(14)16-9-17(20)11-18(21)10-16/h2-7,9-13H,8H2,1H3. The highest BCUT2D eigenvalue weighted by molar-refractivity contribution is 6.35. The summed E-state index contributed by atoms with van der Waals surface area (Å²) < 4.78 is 0. The summed E-state index contributed by atoms with van der Waals surface area (Å²) in [6, 6.07) is 13.6. The lowest BCUT2D eigenvalue weighted by Crippen LogP contribution is -2.01. The van der Waals surface area contributed by atoms with Gasteiger partial charge in [0.1, 0.15) is 0 Å². The maximum atomic E-state index is 6.13. The second-order valence-electron chi connectivity index (χ2n) is 5.56. The van der Waals surface area contributed by atoms with Gasteiger partial charge in [0.15, 0.2) is 0 Å². The molecule has 2 nitrogen and oxygen atoms in total. The number of halogens is 2. The number of benzene rings is 1. The molecule has 0 radical (unpaired) electrons. The average molecular weight is 343 g/mol. The Labute approximate surface area is 146 Å². The molecular weight excluding hydrogens is 327 g/mol. The molecule has 0 aliphatic heterocycles. The van der Waals surface area contributed by atoms with E-state index in [4.69, 9.17) is 23.2 Å². The fourth-order valence-electron chi connectivity index (χ4n) is 2.67. The number of aromatic nitrogens is 2. The minimum Gasteiger partial charge on any atom is -0.264 e. The third-order valence-corrected chi connectivity index (χ3v) is 4.24. The van der Waals surface area contributed by atoms with Crippen molar-refractivity contribution in [3.63, 3.8) is 0 Å². The molecule has 0 amide bonds. The molecule has 0 fully saturated rings. The molecule has 0 aliphatic carbocycles. The van der Waals surface area contributed by atoms with Crippen LogP contribution in [-0.2, 0) is 6.42 Å². The lowest BCUT2D eigenvalue weighted by atomic mass is 9.92. The van der Waals surface area contributed by atoms with Crippen molar-refractivity contribution in [1.82, 2.24) is 9.97 Å². The van der Waals surface area contributed by atoms with E-state index < -0.39 is 0 Å². The molecule has 116 valence electrons. The number of nitrogens with zero attached hydrogens (tertiary/aromatic N) is 2. The molecule has 3 rings (SSSR count). The predicted octanol–water partition coefficient (Wildman–Crippen LogP) is 5.80. The fourth-order valence-corrected chi connectivity index (χ4v) is 3.20. The minimum absolute atomic E-state index is 0.348. The van der Waals surface area contributed by atoms with Crippen LogP contribution in [-0.4, -0.2) is 9.97 Å². The average Bonchev–Trinajstić information content (AvgIpc) is 2.55. The molecule has 2 heterocycles. The van der Waals surface area contributed by atoms with Crippen LogP contribution >= 0.6 is 23.2 Å². The van der Waals surface area contributed by atoms with Crippen molar-refractivity contribution < 1.29 is 0 Å². The summed E-state index contributed by atoms with van der Waals surface area (Å²) in [4.78, 5) is 8.75. The molecule has 0 saturated carbocycles. The minimum atomic E-state index is 0.348. The van der Waals surface area contributed by atoms with E-state index in [-0.39, 0.29) is 0 Å². The van der Waals surface area contributed by atoms with Gasteiger partial charge >= 0.3 is 0 Å². The second-order valence-corrected chi connectivity index (χ2v) is 6.43. The maximum absolute atomic E-state index is 6.13. The highest BCUT2D eigenvalue weighted by atomic mass is 35.5. The SMILES string of the molecule is CC(Cc1cccnc1-c1cc(Cl)cc(Cl)c1)c1cccnc1. The number of hydrogen-bond donors (Lipinski definition) is 0. The van der Waals surface area contributed by atoms with Gasteiger partial charge in [0.25, 0.3) is 0 Å². The molecule has 0 bridgehead atoms. The van der Waals surface area contributed by atoms with Gasteiger partial charge < -0.3 is 0 Å². The summed E-state index contributed by atoms with van der Waals surface area (Å²) in [5.41, 5.74) is 4.25. The van der Waals surface area contributed by atoms with Crippen LogP contribution in [0.25, 0.3) is 11.3 Å². The van der Waals surface area contributed by atoms with Crippen LogP contribution in [0, 0.1) is 0 Å². The Morgan fingerprint density at radius 1 is 1.00 bits per heavy atom. The van der Waals surface area contributed by atoms with Gasteiger partial charge in [-0.05, 0) is 53.8 Å². The third kappa shape index (κ3) is 3.90. The molecule has 1 atom stereocenters. The van der Waals surface area contributed by atoms with Crippen molar-refractivity contribution in [2.24, 2.45) is 0 Å². The molecule has 0 aliphatic rings. The van der Waals surface area contributed by atoms with Crippen molar-refractivity contribution in [3.8, 4) is 11.3 Å². The van der Waals surface area contributed by atoms with Gasteiger partial charge in [0, 0.05) is 34.2 Å². The van der Waals surface area contributed by atoms with Crippen molar-refractivity contribution >= 4 is 23.2 Å². The van der Waals surface area contributed by atoms with Gasteiger partial charge in [0.05, 0.1) is 5.69 Å². The van der Waals surface area contributed by atoms with Gasteiger partial charge in [-0.25, -0.2) is 0 Å². The summed E-state index contributed by atoms with van der Waals surface area (Å²) in [5.74, 6) is 0.348. The lowest BCUT2D eigenvalue weighted by molar-refractivity contribution is 0.753. The Morgan fingerprint density at radius 2 is 1.74 bits per heavy atom. The lowest BCUT2D eigenvalue weighted by Gasteiger charge is -2.14. The first-order valence-electron chi connectivity index (χ1n) is 7.44. The topological polar surface area (TPSA) is 25.8 Å². The second kappa shape index (κ2) is 7.12. The summed E-state index contributed by atoms with van der Waals surface area (Å²) >= 11 is 12.3. The van der Waals surface area contributed by atoms with Gasteiger partial charge in [-0.15, -0.1) is 0 Å². The van der Waals surface area contributed by atoms with Crippen LogP contribution in [0.15, 0.2) is 61.1 Å². The Hall–Kier alpha value is -1.90. The monoisotopic (exact) mass is 342 g/mol. The number of pyridine rings is 2. The zero-order valence-electron chi connectivity index (χ0n) is 12.7. The molecular formula is C19H16Cl2N2. The molecule has 0 spiro atoms. The van der Waals surface area contributed by atoms with Gasteiger partial charge in [-0.1, -0.05) is 42.3 Å². The van der Waals surface area contributed by atoms with Gasteiger partial charge in [-0.3, -0.25) is 9.97 Å². The van der Waals surface area contributed by atoms with Crippen molar-refractivity contribution in [3.05, 3.63) is 82.2 Å². The van der Waals surface area contributed by atoms with Crippen LogP contribution in [0.2, 0.25) is 10.0 Å². The molecule has 3 aromatic rings. The fraction of sp³-hybridized carbons (Fsp3) is 0.158. The Morgan fingerprint density at radius 3 is 2.43 bits per heavy atom. The van der Waals surface area contributed by atoms with E-state index in [9.17, 15) is 0 Å². The van der Waals surface area contributed by atoms with Crippen LogP contribution in [0.3, 0.4) is 0 Å². The summed E-state index contributed by atoms with van der Waals surface area (Å²) in [7, 11) is 0. The molecule has 1 aromatic carbocycles. The molecule has 23 heavy (non-hydrogen) atoms. The third-order valence-electron chi connectivity index (χ3n) is 3.81. The Bertz CT molecular complexity index is 783. The van der Waals surface area contributed by atoms with Gasteiger partial charge in [0.2, 0.25) is 0 Å². The molecule has 1 unspecified atom stereocenters. The van der Waals surface area contributed by atoms with Crippen LogP contribution in [0.1, 0.15) is 24.0 Å². The quantitative estimate of drug-likeness (QED) is 0.599. The van der Waals surface area contributed by atoms with Crippen molar-refractivity contribution in [2.45, 2.75) is 19.3 Å². The molecule has 2 aromatic heterocycles. The van der Waals surface area contributed by atoms with E-state index >= 15 is 0 Å². The van der Waals surface area contributed by atoms with E-state index in [1.165, 1.54) is 11.1 Å².